The Labute approximate surface area is 359 Å². The summed E-state index contributed by atoms with van der Waals surface area (Å²) in [5, 5.41) is 0. The van der Waals surface area contributed by atoms with Crippen LogP contribution in [0.5, 0.6) is 0 Å². The van der Waals surface area contributed by atoms with Crippen molar-refractivity contribution in [3.63, 3.8) is 0 Å². The van der Waals surface area contributed by atoms with Crippen molar-refractivity contribution in [2.24, 2.45) is 0 Å². The van der Waals surface area contributed by atoms with Gasteiger partial charge in [0.1, 0.15) is 0 Å². The average molecular weight is 780 g/mol. The van der Waals surface area contributed by atoms with Gasteiger partial charge in [-0.05, 0) is 127 Å². The molecule has 290 valence electrons. The summed E-state index contributed by atoms with van der Waals surface area (Å²) in [6.07, 6.45) is 0. The minimum absolute atomic E-state index is 0.144. The summed E-state index contributed by atoms with van der Waals surface area (Å²) in [5.41, 5.74) is 22.1. The zero-order chi connectivity index (χ0) is 40.9. The molecule has 12 rings (SSSR count). The van der Waals surface area contributed by atoms with E-state index in [1.54, 1.807) is 0 Å². The third-order valence-corrected chi connectivity index (χ3v) is 14.4. The van der Waals surface area contributed by atoms with Gasteiger partial charge < -0.3 is 4.90 Å². The van der Waals surface area contributed by atoms with Gasteiger partial charge in [-0.2, -0.15) is 0 Å². The van der Waals surface area contributed by atoms with E-state index in [4.69, 9.17) is 0 Å². The van der Waals surface area contributed by atoms with E-state index in [1.165, 1.54) is 83.5 Å². The predicted octanol–water partition coefficient (Wildman–Crippen LogP) is 15.2. The fraction of sp³-hybridized carbons (Fsp3) is 0.100. The van der Waals surface area contributed by atoms with Crippen LogP contribution >= 0.6 is 0 Å². The molecule has 1 atom stereocenters. The fourth-order valence-electron chi connectivity index (χ4n) is 11.6. The number of hydrogen-bond donors (Lipinski definition) is 0. The molecule has 0 spiro atoms. The molecule has 0 N–H and O–H groups in total. The Kier molecular flexibility index (Phi) is 7.69. The van der Waals surface area contributed by atoms with Gasteiger partial charge in [0, 0.05) is 27.9 Å². The summed E-state index contributed by atoms with van der Waals surface area (Å²) in [6, 6.07) is 81.9. The largest absolute Gasteiger partial charge is 0.310 e. The number of benzene rings is 9. The first-order valence-electron chi connectivity index (χ1n) is 21.6. The van der Waals surface area contributed by atoms with Gasteiger partial charge >= 0.3 is 0 Å². The summed E-state index contributed by atoms with van der Waals surface area (Å²) in [6.45, 7) is 7.17. The van der Waals surface area contributed by atoms with E-state index in [0.717, 1.165) is 17.1 Å². The van der Waals surface area contributed by atoms with Gasteiger partial charge in [0.2, 0.25) is 0 Å². The second-order valence-corrected chi connectivity index (χ2v) is 17.8. The molecular weight excluding hydrogens is 735 g/mol. The SMILES string of the molecule is CC1(C)c2ccccc2-c2ccc(N(c3ccc4c(c3)C(C)(c3ccccc3)c3ccccc3-4)c3ccc4c(c3)C(c3ccccc3)(c3ccccc3)c3ccccc3-4)cc21. The number of nitrogens with zero attached hydrogens (tertiary/aromatic N) is 1. The third kappa shape index (κ3) is 4.89. The molecule has 9 aromatic rings. The first-order chi connectivity index (χ1) is 29.9. The smallest absolute Gasteiger partial charge is 0.0714 e. The van der Waals surface area contributed by atoms with Crippen LogP contribution in [-0.2, 0) is 16.2 Å². The van der Waals surface area contributed by atoms with Crippen LogP contribution in [0, 0.1) is 0 Å². The summed E-state index contributed by atoms with van der Waals surface area (Å²) in [5.74, 6) is 0. The monoisotopic (exact) mass is 779 g/mol. The molecule has 1 unspecified atom stereocenters. The maximum absolute atomic E-state index is 2.53. The van der Waals surface area contributed by atoms with Gasteiger partial charge in [-0.25, -0.2) is 0 Å². The second-order valence-electron chi connectivity index (χ2n) is 17.8. The molecule has 0 amide bonds. The number of hydrogen-bond acceptors (Lipinski definition) is 1. The molecule has 1 nitrogen and oxygen atoms in total. The van der Waals surface area contributed by atoms with E-state index in [-0.39, 0.29) is 10.8 Å². The van der Waals surface area contributed by atoms with Crippen molar-refractivity contribution in [2.75, 3.05) is 4.90 Å². The summed E-state index contributed by atoms with van der Waals surface area (Å²) >= 11 is 0. The molecule has 1 heteroatoms. The lowest BCUT2D eigenvalue weighted by molar-refractivity contribution is 0.660. The number of fused-ring (bicyclic) bond motifs is 9. The number of rotatable bonds is 6. The highest BCUT2D eigenvalue weighted by Crippen LogP contribution is 2.59. The van der Waals surface area contributed by atoms with E-state index < -0.39 is 5.41 Å². The van der Waals surface area contributed by atoms with Crippen molar-refractivity contribution in [1.82, 2.24) is 0 Å². The molecule has 0 saturated heterocycles. The predicted molar refractivity (Wildman–Crippen MR) is 253 cm³/mol. The summed E-state index contributed by atoms with van der Waals surface area (Å²) in [4.78, 5) is 2.53. The molecule has 0 heterocycles. The van der Waals surface area contributed by atoms with Crippen LogP contribution in [-0.4, -0.2) is 0 Å². The minimum Gasteiger partial charge on any atom is -0.310 e. The van der Waals surface area contributed by atoms with Crippen LogP contribution in [0.3, 0.4) is 0 Å². The van der Waals surface area contributed by atoms with Crippen LogP contribution in [0.25, 0.3) is 33.4 Å². The molecule has 0 bridgehead atoms. The van der Waals surface area contributed by atoms with Gasteiger partial charge in [-0.15, -0.1) is 0 Å². The molecule has 3 aliphatic rings. The first kappa shape index (κ1) is 35.7. The third-order valence-electron chi connectivity index (χ3n) is 14.4. The van der Waals surface area contributed by atoms with Crippen LogP contribution in [0.15, 0.2) is 218 Å². The quantitative estimate of drug-likeness (QED) is 0.162. The molecular formula is C60H45N. The molecule has 0 aromatic heterocycles. The second kappa shape index (κ2) is 13.1. The highest BCUT2D eigenvalue weighted by Gasteiger charge is 2.47. The van der Waals surface area contributed by atoms with Crippen molar-refractivity contribution >= 4 is 17.1 Å². The Morgan fingerprint density at radius 2 is 0.639 bits per heavy atom. The molecule has 61 heavy (non-hydrogen) atoms. The van der Waals surface area contributed by atoms with Crippen LogP contribution in [0.1, 0.15) is 70.8 Å². The lowest BCUT2D eigenvalue weighted by Gasteiger charge is -2.35. The topological polar surface area (TPSA) is 3.24 Å². The standard InChI is InChI=1S/C60H45N/c1-58(2)52-28-16-13-25-46(52)49-34-31-43(37-55(49)58)61(44-32-35-50-47-26-14-17-29-53(47)59(3,56(50)38-44)40-19-7-4-8-20-40)45-33-36-51-48-27-15-18-30-54(48)60(57(51)39-45,41-21-9-5-10-22-41)42-23-11-6-12-24-42/h4-39H,1-3H3. The minimum atomic E-state index is -0.511. The van der Waals surface area contributed by atoms with Crippen LogP contribution in [0.4, 0.5) is 17.1 Å². The maximum atomic E-state index is 2.53. The van der Waals surface area contributed by atoms with Gasteiger partial charge in [0.25, 0.3) is 0 Å². The Morgan fingerprint density at radius 1 is 0.279 bits per heavy atom. The molecule has 0 saturated carbocycles. The van der Waals surface area contributed by atoms with Crippen molar-refractivity contribution in [1.29, 1.82) is 0 Å². The van der Waals surface area contributed by atoms with Crippen molar-refractivity contribution in [2.45, 2.75) is 37.0 Å². The molecule has 3 aliphatic carbocycles. The van der Waals surface area contributed by atoms with Crippen LogP contribution in [0.2, 0.25) is 0 Å². The highest BCUT2D eigenvalue weighted by atomic mass is 15.1. The van der Waals surface area contributed by atoms with E-state index >= 15 is 0 Å². The van der Waals surface area contributed by atoms with Gasteiger partial charge in [0.05, 0.1) is 5.41 Å². The normalized spacial score (nSPS) is 16.8. The molecule has 9 aromatic carbocycles. The van der Waals surface area contributed by atoms with E-state index in [2.05, 4.69) is 244 Å². The summed E-state index contributed by atoms with van der Waals surface area (Å²) in [7, 11) is 0. The summed E-state index contributed by atoms with van der Waals surface area (Å²) < 4.78 is 0. The van der Waals surface area contributed by atoms with Crippen molar-refractivity contribution in [3.05, 3.63) is 268 Å². The molecule has 0 fully saturated rings. The Balaban J connectivity index is 1.13. The van der Waals surface area contributed by atoms with Crippen LogP contribution < -0.4 is 4.90 Å². The number of anilines is 3. The fourth-order valence-corrected chi connectivity index (χ4v) is 11.6. The van der Waals surface area contributed by atoms with Crippen molar-refractivity contribution < 1.29 is 0 Å². The van der Waals surface area contributed by atoms with Gasteiger partial charge in [0.15, 0.2) is 0 Å². The Hall–Kier alpha value is -7.22. The lowest BCUT2D eigenvalue weighted by Crippen LogP contribution is -2.28. The highest BCUT2D eigenvalue weighted by molar-refractivity contribution is 5.92. The average Bonchev–Trinajstić information content (AvgIpc) is 3.85. The van der Waals surface area contributed by atoms with E-state index in [1.807, 2.05) is 0 Å². The zero-order valence-electron chi connectivity index (χ0n) is 34.7. The molecule has 0 aliphatic heterocycles. The first-order valence-corrected chi connectivity index (χ1v) is 21.6. The van der Waals surface area contributed by atoms with E-state index in [0.29, 0.717) is 0 Å². The van der Waals surface area contributed by atoms with E-state index in [9.17, 15) is 0 Å². The lowest BCUT2D eigenvalue weighted by atomic mass is 9.67. The van der Waals surface area contributed by atoms with Crippen molar-refractivity contribution in [3.8, 4) is 33.4 Å². The van der Waals surface area contributed by atoms with Gasteiger partial charge in [-0.3, -0.25) is 0 Å². The Morgan fingerprint density at radius 3 is 1.20 bits per heavy atom. The zero-order valence-corrected chi connectivity index (χ0v) is 34.7. The molecule has 0 radical (unpaired) electrons. The van der Waals surface area contributed by atoms with Gasteiger partial charge in [-0.1, -0.05) is 196 Å². The maximum Gasteiger partial charge on any atom is 0.0714 e. The Bertz CT molecular complexity index is 3140.